The first kappa shape index (κ1) is 17.3. The second-order valence-electron chi connectivity index (χ2n) is 4.78. The van der Waals surface area contributed by atoms with Gasteiger partial charge in [-0.2, -0.15) is 0 Å². The van der Waals surface area contributed by atoms with Gasteiger partial charge in [0.2, 0.25) is 5.91 Å². The van der Waals surface area contributed by atoms with Gasteiger partial charge in [-0.05, 0) is 0 Å². The molecule has 0 unspecified atom stereocenters. The molecule has 0 aliphatic rings. The van der Waals surface area contributed by atoms with Gasteiger partial charge in [-0.1, -0.05) is 11.8 Å². The van der Waals surface area contributed by atoms with Crippen LogP contribution in [-0.2, 0) is 18.9 Å². The maximum absolute atomic E-state index is 12.0. The minimum Gasteiger partial charge on any atom is -0.391 e. The molecule has 2 heterocycles. The molecule has 24 heavy (non-hydrogen) atoms. The van der Waals surface area contributed by atoms with Crippen LogP contribution in [-0.4, -0.2) is 30.8 Å². The Labute approximate surface area is 138 Å². The summed E-state index contributed by atoms with van der Waals surface area (Å²) in [4.78, 5) is 53.0. The Hall–Kier alpha value is -3.02. The van der Waals surface area contributed by atoms with Crippen LogP contribution >= 0.6 is 11.8 Å². The largest absolute Gasteiger partial charge is 0.391 e. The lowest BCUT2D eigenvalue weighted by molar-refractivity contribution is -0.113. The number of nitrogen functional groups attached to an aromatic ring is 2. The highest BCUT2D eigenvalue weighted by Crippen LogP contribution is 2.14. The SMILES string of the molecule is Cn1c(NC(=O)CSc2nc(N)c(N)c(=O)[nH]2)cc(=O)n(C)c1=O. The summed E-state index contributed by atoms with van der Waals surface area (Å²) in [6, 6.07) is 1.13. The van der Waals surface area contributed by atoms with Crippen molar-refractivity contribution < 1.29 is 4.79 Å². The number of nitrogens with two attached hydrogens (primary N) is 2. The first-order valence-electron chi connectivity index (χ1n) is 6.55. The van der Waals surface area contributed by atoms with Crippen LogP contribution in [0.25, 0.3) is 0 Å². The maximum Gasteiger partial charge on any atom is 0.332 e. The third kappa shape index (κ3) is 3.48. The van der Waals surface area contributed by atoms with Gasteiger partial charge in [0.05, 0.1) is 5.75 Å². The van der Waals surface area contributed by atoms with Crippen LogP contribution < -0.4 is 33.6 Å². The molecule has 2 aromatic rings. The summed E-state index contributed by atoms with van der Waals surface area (Å²) >= 11 is 0.917. The quantitative estimate of drug-likeness (QED) is 0.363. The molecular formula is C12H15N7O4S. The number of amides is 1. The molecule has 0 bridgehead atoms. The molecule has 128 valence electrons. The Morgan fingerprint density at radius 1 is 1.29 bits per heavy atom. The van der Waals surface area contributed by atoms with Gasteiger partial charge in [0.1, 0.15) is 11.5 Å². The third-order valence-corrected chi connectivity index (χ3v) is 3.97. The van der Waals surface area contributed by atoms with Crippen LogP contribution in [0.4, 0.5) is 17.3 Å². The number of thioether (sulfide) groups is 1. The zero-order valence-corrected chi connectivity index (χ0v) is 13.6. The number of carbonyl (C=O) groups is 1. The number of aromatic nitrogens is 4. The van der Waals surface area contributed by atoms with Crippen molar-refractivity contribution in [2.24, 2.45) is 14.1 Å². The molecule has 6 N–H and O–H groups in total. The molecule has 1 amide bonds. The van der Waals surface area contributed by atoms with E-state index < -0.39 is 22.7 Å². The first-order chi connectivity index (χ1) is 11.2. The number of rotatable bonds is 4. The first-order valence-corrected chi connectivity index (χ1v) is 7.54. The molecule has 12 heteroatoms. The second kappa shape index (κ2) is 6.62. The molecular weight excluding hydrogens is 338 g/mol. The van der Waals surface area contributed by atoms with Gasteiger partial charge in [0.25, 0.3) is 11.1 Å². The van der Waals surface area contributed by atoms with E-state index in [-0.39, 0.29) is 28.2 Å². The predicted octanol–water partition coefficient (Wildman–Crippen LogP) is -1.94. The predicted molar refractivity (Wildman–Crippen MR) is 90.0 cm³/mol. The van der Waals surface area contributed by atoms with Gasteiger partial charge in [-0.15, -0.1) is 0 Å². The van der Waals surface area contributed by atoms with E-state index in [1.807, 2.05) is 0 Å². The Morgan fingerprint density at radius 2 is 1.96 bits per heavy atom. The summed E-state index contributed by atoms with van der Waals surface area (Å²) in [5, 5.41) is 2.57. The van der Waals surface area contributed by atoms with Crippen molar-refractivity contribution in [3.05, 3.63) is 37.3 Å². The number of carbonyl (C=O) groups excluding carboxylic acids is 1. The normalized spacial score (nSPS) is 10.6. The Kier molecular flexibility index (Phi) is 4.78. The van der Waals surface area contributed by atoms with E-state index in [4.69, 9.17) is 11.5 Å². The van der Waals surface area contributed by atoms with E-state index in [1.54, 1.807) is 0 Å². The fourth-order valence-corrected chi connectivity index (χ4v) is 2.38. The summed E-state index contributed by atoms with van der Waals surface area (Å²) in [6.45, 7) is 0. The number of aromatic amines is 1. The smallest absolute Gasteiger partial charge is 0.332 e. The van der Waals surface area contributed by atoms with Crippen LogP contribution in [0.2, 0.25) is 0 Å². The highest BCUT2D eigenvalue weighted by atomic mass is 32.2. The summed E-state index contributed by atoms with van der Waals surface area (Å²) in [6.07, 6.45) is 0. The summed E-state index contributed by atoms with van der Waals surface area (Å²) in [5.41, 5.74) is 8.95. The van der Waals surface area contributed by atoms with E-state index in [0.29, 0.717) is 0 Å². The van der Waals surface area contributed by atoms with Crippen LogP contribution in [0.5, 0.6) is 0 Å². The highest BCUT2D eigenvalue weighted by molar-refractivity contribution is 7.99. The monoisotopic (exact) mass is 353 g/mol. The Balaban J connectivity index is 2.11. The minimum atomic E-state index is -0.598. The number of nitrogens with one attached hydrogen (secondary N) is 2. The molecule has 0 saturated heterocycles. The zero-order chi connectivity index (χ0) is 18.0. The van der Waals surface area contributed by atoms with Crippen molar-refractivity contribution in [3.63, 3.8) is 0 Å². The lowest BCUT2D eigenvalue weighted by Gasteiger charge is -2.10. The van der Waals surface area contributed by atoms with Crippen molar-refractivity contribution in [1.29, 1.82) is 0 Å². The average Bonchev–Trinajstić information content (AvgIpc) is 2.53. The van der Waals surface area contributed by atoms with Gasteiger partial charge in [0.15, 0.2) is 11.0 Å². The van der Waals surface area contributed by atoms with Crippen molar-refractivity contribution in [1.82, 2.24) is 19.1 Å². The number of hydrogen-bond acceptors (Lipinski definition) is 8. The van der Waals surface area contributed by atoms with Crippen molar-refractivity contribution in [3.8, 4) is 0 Å². The molecule has 0 aromatic carbocycles. The lowest BCUT2D eigenvalue weighted by atomic mass is 10.5. The van der Waals surface area contributed by atoms with Gasteiger partial charge >= 0.3 is 5.69 Å². The van der Waals surface area contributed by atoms with E-state index in [0.717, 1.165) is 27.0 Å². The molecule has 0 aliphatic carbocycles. The molecule has 2 rings (SSSR count). The van der Waals surface area contributed by atoms with E-state index >= 15 is 0 Å². The molecule has 0 aliphatic heterocycles. The topological polar surface area (TPSA) is 171 Å². The van der Waals surface area contributed by atoms with Gasteiger partial charge in [0, 0.05) is 20.2 Å². The fraction of sp³-hybridized carbons (Fsp3) is 0.250. The van der Waals surface area contributed by atoms with Crippen LogP contribution in [0.3, 0.4) is 0 Å². The van der Waals surface area contributed by atoms with Gasteiger partial charge in [-0.25, -0.2) is 9.78 Å². The number of H-pyrrole nitrogens is 1. The maximum atomic E-state index is 12.0. The molecule has 0 radical (unpaired) electrons. The van der Waals surface area contributed by atoms with Gasteiger partial charge in [-0.3, -0.25) is 28.5 Å². The van der Waals surface area contributed by atoms with E-state index in [1.165, 1.54) is 14.1 Å². The summed E-state index contributed by atoms with van der Waals surface area (Å²) in [7, 11) is 2.75. The molecule has 11 nitrogen and oxygen atoms in total. The lowest BCUT2D eigenvalue weighted by Crippen LogP contribution is -2.38. The molecule has 0 fully saturated rings. The molecule has 0 spiro atoms. The van der Waals surface area contributed by atoms with Crippen LogP contribution in [0.15, 0.2) is 25.6 Å². The highest BCUT2D eigenvalue weighted by Gasteiger charge is 2.11. The standard InChI is InChI=1S/C12H15N7O4S/c1-18-5(3-7(21)19(2)12(18)23)15-6(20)4-24-11-16-9(14)8(13)10(22)17-11/h3H,4,13H2,1-2H3,(H,15,20)(H3,14,16,17,22). The van der Waals surface area contributed by atoms with E-state index in [2.05, 4.69) is 15.3 Å². The fourth-order valence-electron chi connectivity index (χ4n) is 1.71. The Morgan fingerprint density at radius 3 is 2.58 bits per heavy atom. The van der Waals surface area contributed by atoms with Crippen molar-refractivity contribution >= 4 is 35.0 Å². The number of hydrogen-bond donors (Lipinski definition) is 4. The van der Waals surface area contributed by atoms with Crippen LogP contribution in [0, 0.1) is 0 Å². The number of anilines is 3. The van der Waals surface area contributed by atoms with Crippen LogP contribution in [0.1, 0.15) is 0 Å². The van der Waals surface area contributed by atoms with E-state index in [9.17, 15) is 19.2 Å². The zero-order valence-electron chi connectivity index (χ0n) is 12.8. The van der Waals surface area contributed by atoms with Crippen molar-refractivity contribution in [2.75, 3.05) is 22.5 Å². The third-order valence-electron chi connectivity index (χ3n) is 3.10. The van der Waals surface area contributed by atoms with Crippen molar-refractivity contribution in [2.45, 2.75) is 5.16 Å². The molecule has 0 saturated carbocycles. The molecule has 0 atom stereocenters. The minimum absolute atomic E-state index is 0.0620. The Bertz CT molecular complexity index is 975. The summed E-state index contributed by atoms with van der Waals surface area (Å²) < 4.78 is 2.04. The van der Waals surface area contributed by atoms with Gasteiger partial charge < -0.3 is 16.8 Å². The average molecular weight is 353 g/mol. The second-order valence-corrected chi connectivity index (χ2v) is 5.74. The molecule has 2 aromatic heterocycles. The number of nitrogens with zero attached hydrogens (tertiary/aromatic N) is 3. The summed E-state index contributed by atoms with van der Waals surface area (Å²) in [5.74, 6) is -0.695.